The Morgan fingerprint density at radius 3 is 2.59 bits per heavy atom. The van der Waals surface area contributed by atoms with Gasteiger partial charge in [0.25, 0.3) is 0 Å². The molecule has 2 aromatic rings. The van der Waals surface area contributed by atoms with Gasteiger partial charge < -0.3 is 4.52 Å². The van der Waals surface area contributed by atoms with Crippen LogP contribution in [-0.2, 0) is 10.0 Å². The van der Waals surface area contributed by atoms with Gasteiger partial charge in [0.15, 0.2) is 5.82 Å². The fourth-order valence-corrected chi connectivity index (χ4v) is 6.30. The maximum Gasteiger partial charge on any atom is 0.244 e. The number of hydrogen-bond donors (Lipinski definition) is 0. The maximum absolute atomic E-state index is 13.0. The molecule has 2 saturated heterocycles. The Morgan fingerprint density at radius 1 is 1.26 bits per heavy atom. The Hall–Kier alpha value is -1.48. The van der Waals surface area contributed by atoms with E-state index >= 15 is 0 Å². The first-order chi connectivity index (χ1) is 12.8. The van der Waals surface area contributed by atoms with E-state index in [9.17, 15) is 8.42 Å². The van der Waals surface area contributed by atoms with Crippen LogP contribution in [0.5, 0.6) is 0 Å². The monoisotopic (exact) mass is 410 g/mol. The number of piperidine rings is 1. The summed E-state index contributed by atoms with van der Waals surface area (Å²) >= 11 is 6.12. The van der Waals surface area contributed by atoms with Gasteiger partial charge in [0.1, 0.15) is 4.90 Å². The quantitative estimate of drug-likeness (QED) is 0.774. The molecule has 0 bridgehead atoms. The second-order valence-corrected chi connectivity index (χ2v) is 9.95. The molecule has 1 aromatic heterocycles. The molecule has 27 heavy (non-hydrogen) atoms. The standard InChI is InChI=1S/C18H23ClN4O3S/c1-13-20-17(21-26-13)15-11-18(12-22(15)2)7-9-23(10-8-18)27(24,25)16-6-4-3-5-14(16)19/h3-6,15H,7-12H2,1-2H3. The number of aromatic nitrogens is 2. The van der Waals surface area contributed by atoms with Crippen LogP contribution in [0.25, 0.3) is 0 Å². The lowest BCUT2D eigenvalue weighted by Gasteiger charge is -2.38. The molecule has 2 fully saturated rings. The smallest absolute Gasteiger partial charge is 0.244 e. The molecule has 9 heteroatoms. The van der Waals surface area contributed by atoms with Gasteiger partial charge in [0, 0.05) is 26.6 Å². The first kappa shape index (κ1) is 18.9. The third kappa shape index (κ3) is 3.40. The van der Waals surface area contributed by atoms with Gasteiger partial charge in [-0.1, -0.05) is 28.9 Å². The SMILES string of the molecule is Cc1nc(C2CC3(CCN(S(=O)(=O)c4ccccc4Cl)CC3)CN2C)no1. The summed E-state index contributed by atoms with van der Waals surface area (Å²) in [6.45, 7) is 3.70. The Kier molecular flexibility index (Phi) is 4.78. The minimum absolute atomic E-state index is 0.0838. The van der Waals surface area contributed by atoms with Crippen molar-refractivity contribution in [3.05, 3.63) is 41.0 Å². The Labute approximate surface area is 164 Å². The Balaban J connectivity index is 1.48. The highest BCUT2D eigenvalue weighted by Crippen LogP contribution is 2.48. The largest absolute Gasteiger partial charge is 0.340 e. The molecule has 0 N–H and O–H groups in total. The number of hydrogen-bond acceptors (Lipinski definition) is 6. The summed E-state index contributed by atoms with van der Waals surface area (Å²) in [5.41, 5.74) is 0.0838. The van der Waals surface area contributed by atoms with Gasteiger partial charge >= 0.3 is 0 Å². The molecule has 1 aromatic carbocycles. The maximum atomic E-state index is 13.0. The van der Waals surface area contributed by atoms with Gasteiger partial charge in [-0.2, -0.15) is 9.29 Å². The van der Waals surface area contributed by atoms with Crippen LogP contribution in [0.15, 0.2) is 33.7 Å². The summed E-state index contributed by atoms with van der Waals surface area (Å²) in [6.07, 6.45) is 2.55. The molecule has 1 unspecified atom stereocenters. The average Bonchev–Trinajstić information content (AvgIpc) is 3.19. The van der Waals surface area contributed by atoms with E-state index < -0.39 is 10.0 Å². The molecule has 146 valence electrons. The minimum Gasteiger partial charge on any atom is -0.340 e. The molecule has 1 spiro atoms. The third-order valence-electron chi connectivity index (χ3n) is 5.82. The van der Waals surface area contributed by atoms with Crippen LogP contribution in [0.3, 0.4) is 0 Å². The molecule has 0 aliphatic carbocycles. The number of sulfonamides is 1. The van der Waals surface area contributed by atoms with Gasteiger partial charge in [0.05, 0.1) is 11.1 Å². The highest BCUT2D eigenvalue weighted by Gasteiger charge is 2.47. The molecular weight excluding hydrogens is 388 g/mol. The van der Waals surface area contributed by atoms with Crippen LogP contribution >= 0.6 is 11.6 Å². The fourth-order valence-electron chi connectivity index (χ4n) is 4.36. The van der Waals surface area contributed by atoms with Crippen molar-refractivity contribution in [1.82, 2.24) is 19.3 Å². The van der Waals surface area contributed by atoms with Crippen molar-refractivity contribution in [2.24, 2.45) is 5.41 Å². The van der Waals surface area contributed by atoms with Gasteiger partial charge in [0.2, 0.25) is 15.9 Å². The number of halogens is 1. The first-order valence-corrected chi connectivity index (χ1v) is 10.9. The van der Waals surface area contributed by atoms with Crippen molar-refractivity contribution >= 4 is 21.6 Å². The van der Waals surface area contributed by atoms with E-state index in [1.54, 1.807) is 35.5 Å². The normalized spacial score (nSPS) is 23.9. The predicted molar refractivity (Wildman–Crippen MR) is 101 cm³/mol. The second kappa shape index (κ2) is 6.84. The van der Waals surface area contributed by atoms with Crippen LogP contribution in [0, 0.1) is 12.3 Å². The van der Waals surface area contributed by atoms with Crippen molar-refractivity contribution in [2.75, 3.05) is 26.7 Å². The van der Waals surface area contributed by atoms with Crippen LogP contribution in [-0.4, -0.2) is 54.4 Å². The van der Waals surface area contributed by atoms with Crippen molar-refractivity contribution in [3.8, 4) is 0 Å². The van der Waals surface area contributed by atoms with Gasteiger partial charge in [-0.15, -0.1) is 0 Å². The minimum atomic E-state index is -3.57. The third-order valence-corrected chi connectivity index (χ3v) is 8.22. The van der Waals surface area contributed by atoms with Crippen LogP contribution in [0.4, 0.5) is 0 Å². The lowest BCUT2D eigenvalue weighted by molar-refractivity contribution is 0.161. The first-order valence-electron chi connectivity index (χ1n) is 9.06. The molecule has 3 heterocycles. The van der Waals surface area contributed by atoms with Gasteiger partial charge in [-0.25, -0.2) is 8.42 Å². The van der Waals surface area contributed by atoms with E-state index in [4.69, 9.17) is 16.1 Å². The van der Waals surface area contributed by atoms with E-state index in [0.29, 0.717) is 19.0 Å². The summed E-state index contributed by atoms with van der Waals surface area (Å²) in [6, 6.07) is 6.74. The summed E-state index contributed by atoms with van der Waals surface area (Å²) in [7, 11) is -1.50. The van der Waals surface area contributed by atoms with Crippen molar-refractivity contribution in [1.29, 1.82) is 0 Å². The second-order valence-electron chi connectivity index (χ2n) is 7.64. The van der Waals surface area contributed by atoms with E-state index in [1.807, 2.05) is 0 Å². The lowest BCUT2D eigenvalue weighted by atomic mass is 9.77. The zero-order chi connectivity index (χ0) is 19.2. The van der Waals surface area contributed by atoms with Crippen LogP contribution in [0.2, 0.25) is 5.02 Å². The number of benzene rings is 1. The van der Waals surface area contributed by atoms with Gasteiger partial charge in [-0.3, -0.25) is 4.90 Å². The molecule has 2 aliphatic rings. The Morgan fingerprint density at radius 2 is 1.96 bits per heavy atom. The molecule has 1 atom stereocenters. The zero-order valence-electron chi connectivity index (χ0n) is 15.4. The van der Waals surface area contributed by atoms with Gasteiger partial charge in [-0.05, 0) is 43.9 Å². The summed E-state index contributed by atoms with van der Waals surface area (Å²) < 4.78 is 32.6. The number of nitrogens with zero attached hydrogens (tertiary/aromatic N) is 4. The highest BCUT2D eigenvalue weighted by molar-refractivity contribution is 7.89. The zero-order valence-corrected chi connectivity index (χ0v) is 17.0. The Bertz CT molecular complexity index is 938. The number of likely N-dealkylation sites (tertiary alicyclic amines) is 1. The molecule has 4 rings (SSSR count). The fraction of sp³-hybridized carbons (Fsp3) is 0.556. The summed E-state index contributed by atoms with van der Waals surface area (Å²) in [5.74, 6) is 1.29. The molecule has 2 aliphatic heterocycles. The molecule has 0 saturated carbocycles. The summed E-state index contributed by atoms with van der Waals surface area (Å²) in [4.78, 5) is 6.82. The molecular formula is C18H23ClN4O3S. The van der Waals surface area contributed by atoms with Crippen molar-refractivity contribution < 1.29 is 12.9 Å². The van der Waals surface area contributed by atoms with Crippen molar-refractivity contribution in [2.45, 2.75) is 37.1 Å². The average molecular weight is 411 g/mol. The van der Waals surface area contributed by atoms with E-state index in [0.717, 1.165) is 31.6 Å². The molecule has 7 nitrogen and oxygen atoms in total. The molecule has 0 radical (unpaired) electrons. The topological polar surface area (TPSA) is 79.5 Å². The predicted octanol–water partition coefficient (Wildman–Crippen LogP) is 2.88. The highest BCUT2D eigenvalue weighted by atomic mass is 35.5. The number of aryl methyl sites for hydroxylation is 1. The van der Waals surface area contributed by atoms with Crippen LogP contribution in [0.1, 0.15) is 37.0 Å². The van der Waals surface area contributed by atoms with E-state index in [1.165, 1.54) is 0 Å². The van der Waals surface area contributed by atoms with E-state index in [2.05, 4.69) is 22.1 Å². The van der Waals surface area contributed by atoms with Crippen LogP contribution < -0.4 is 0 Å². The van der Waals surface area contributed by atoms with Crippen molar-refractivity contribution in [3.63, 3.8) is 0 Å². The summed E-state index contributed by atoms with van der Waals surface area (Å²) in [5, 5.41) is 4.35. The number of rotatable bonds is 3. The lowest BCUT2D eigenvalue weighted by Crippen LogP contribution is -2.44. The molecule has 0 amide bonds. The van der Waals surface area contributed by atoms with E-state index in [-0.39, 0.29) is 21.4 Å².